The van der Waals surface area contributed by atoms with Crippen LogP contribution in [0, 0.1) is 0 Å². The Morgan fingerprint density at radius 3 is 2.59 bits per heavy atom. The average molecular weight is 305 g/mol. The molecule has 0 bridgehead atoms. The molecule has 1 atom stereocenters. The van der Waals surface area contributed by atoms with E-state index in [1.165, 1.54) is 0 Å². The van der Waals surface area contributed by atoms with Crippen LogP contribution in [0.4, 0.5) is 5.95 Å². The molecule has 7 nitrogen and oxygen atoms in total. The van der Waals surface area contributed by atoms with Crippen molar-refractivity contribution in [2.24, 2.45) is 0 Å². The van der Waals surface area contributed by atoms with E-state index in [2.05, 4.69) is 15.3 Å². The zero-order valence-electron chi connectivity index (χ0n) is 13.4. The number of aromatic nitrogens is 2. The van der Waals surface area contributed by atoms with Crippen molar-refractivity contribution in [2.75, 3.05) is 31.1 Å². The highest BCUT2D eigenvalue weighted by molar-refractivity contribution is 5.92. The summed E-state index contributed by atoms with van der Waals surface area (Å²) in [5.41, 5.74) is 0.374. The predicted molar refractivity (Wildman–Crippen MR) is 83.7 cm³/mol. The van der Waals surface area contributed by atoms with Gasteiger partial charge in [-0.25, -0.2) is 9.97 Å². The zero-order valence-corrected chi connectivity index (χ0v) is 13.4. The number of piperazine rings is 1. The molecule has 1 aromatic rings. The van der Waals surface area contributed by atoms with Gasteiger partial charge in [-0.2, -0.15) is 0 Å². The standard InChI is InChI=1S/C15H23N5O2/c1-4-11(2)17-14(22)13-5-6-16-15(18-13)20-9-7-19(8-10-20)12(3)21/h5-6,11H,4,7-10H2,1-3H3,(H,17,22). The molecule has 1 aromatic heterocycles. The molecule has 22 heavy (non-hydrogen) atoms. The van der Waals surface area contributed by atoms with Gasteiger partial charge in [-0.05, 0) is 19.4 Å². The fourth-order valence-electron chi connectivity index (χ4n) is 2.25. The van der Waals surface area contributed by atoms with Crippen molar-refractivity contribution in [2.45, 2.75) is 33.2 Å². The summed E-state index contributed by atoms with van der Waals surface area (Å²) < 4.78 is 0. The smallest absolute Gasteiger partial charge is 0.270 e. The number of anilines is 1. The van der Waals surface area contributed by atoms with Crippen LogP contribution in [0.5, 0.6) is 0 Å². The minimum absolute atomic E-state index is 0.0854. The highest BCUT2D eigenvalue weighted by atomic mass is 16.2. The lowest BCUT2D eigenvalue weighted by molar-refractivity contribution is -0.129. The lowest BCUT2D eigenvalue weighted by Gasteiger charge is -2.34. The molecule has 0 aliphatic carbocycles. The number of rotatable bonds is 4. The molecule has 2 amide bonds. The van der Waals surface area contributed by atoms with Crippen molar-refractivity contribution in [3.63, 3.8) is 0 Å². The minimum atomic E-state index is -0.180. The number of carbonyl (C=O) groups excluding carboxylic acids is 2. The van der Waals surface area contributed by atoms with Crippen LogP contribution >= 0.6 is 0 Å². The van der Waals surface area contributed by atoms with Crippen molar-refractivity contribution in [1.82, 2.24) is 20.2 Å². The van der Waals surface area contributed by atoms with Crippen LogP contribution in [0.2, 0.25) is 0 Å². The molecule has 1 N–H and O–H groups in total. The van der Waals surface area contributed by atoms with Crippen LogP contribution in [-0.4, -0.2) is 58.9 Å². The second kappa shape index (κ2) is 7.20. The Balaban J connectivity index is 2.03. The molecule has 1 aliphatic heterocycles. The van der Waals surface area contributed by atoms with E-state index < -0.39 is 0 Å². The largest absolute Gasteiger partial charge is 0.348 e. The van der Waals surface area contributed by atoms with E-state index in [1.807, 2.05) is 18.7 Å². The van der Waals surface area contributed by atoms with E-state index in [0.29, 0.717) is 37.8 Å². The SMILES string of the molecule is CCC(C)NC(=O)c1ccnc(N2CCN(C(C)=O)CC2)n1. The van der Waals surface area contributed by atoms with Gasteiger partial charge < -0.3 is 15.1 Å². The summed E-state index contributed by atoms with van der Waals surface area (Å²) in [5.74, 6) is 0.447. The van der Waals surface area contributed by atoms with Crippen molar-refractivity contribution in [3.05, 3.63) is 18.0 Å². The van der Waals surface area contributed by atoms with E-state index in [-0.39, 0.29) is 17.9 Å². The maximum Gasteiger partial charge on any atom is 0.270 e. The fraction of sp³-hybridized carbons (Fsp3) is 0.600. The van der Waals surface area contributed by atoms with Crippen molar-refractivity contribution in [3.8, 4) is 0 Å². The summed E-state index contributed by atoms with van der Waals surface area (Å²) in [6.07, 6.45) is 2.47. The van der Waals surface area contributed by atoms with E-state index >= 15 is 0 Å². The molecular weight excluding hydrogens is 282 g/mol. The van der Waals surface area contributed by atoms with Gasteiger partial charge in [0.05, 0.1) is 0 Å². The Kier molecular flexibility index (Phi) is 5.30. The quantitative estimate of drug-likeness (QED) is 0.885. The number of nitrogens with one attached hydrogen (secondary N) is 1. The van der Waals surface area contributed by atoms with E-state index in [1.54, 1.807) is 24.1 Å². The monoisotopic (exact) mass is 305 g/mol. The molecule has 0 spiro atoms. The van der Waals surface area contributed by atoms with Crippen LogP contribution in [-0.2, 0) is 4.79 Å². The summed E-state index contributed by atoms with van der Waals surface area (Å²) in [6.45, 7) is 8.22. The molecule has 1 unspecified atom stereocenters. The molecule has 2 rings (SSSR count). The lowest BCUT2D eigenvalue weighted by atomic mass is 10.2. The Labute approximate surface area is 130 Å². The number of nitrogens with zero attached hydrogens (tertiary/aromatic N) is 4. The van der Waals surface area contributed by atoms with Crippen LogP contribution in [0.1, 0.15) is 37.7 Å². The second-order valence-electron chi connectivity index (χ2n) is 5.52. The van der Waals surface area contributed by atoms with Crippen LogP contribution < -0.4 is 10.2 Å². The molecule has 2 heterocycles. The Hall–Kier alpha value is -2.18. The highest BCUT2D eigenvalue weighted by Gasteiger charge is 2.21. The van der Waals surface area contributed by atoms with Gasteiger partial charge in [-0.15, -0.1) is 0 Å². The summed E-state index contributed by atoms with van der Waals surface area (Å²) in [4.78, 5) is 35.9. The van der Waals surface area contributed by atoms with Gasteiger partial charge in [0.25, 0.3) is 5.91 Å². The molecule has 0 radical (unpaired) electrons. The molecular formula is C15H23N5O2. The first-order valence-electron chi connectivity index (χ1n) is 7.65. The van der Waals surface area contributed by atoms with Gasteiger partial charge in [-0.1, -0.05) is 6.92 Å². The van der Waals surface area contributed by atoms with Crippen molar-refractivity contribution >= 4 is 17.8 Å². The molecule has 0 aromatic carbocycles. The number of hydrogen-bond acceptors (Lipinski definition) is 5. The fourth-order valence-corrected chi connectivity index (χ4v) is 2.25. The maximum absolute atomic E-state index is 12.1. The first-order valence-corrected chi connectivity index (χ1v) is 7.65. The topological polar surface area (TPSA) is 78.4 Å². The first-order chi connectivity index (χ1) is 10.5. The molecule has 0 saturated carbocycles. The Morgan fingerprint density at radius 1 is 1.32 bits per heavy atom. The van der Waals surface area contributed by atoms with Crippen molar-refractivity contribution in [1.29, 1.82) is 0 Å². The van der Waals surface area contributed by atoms with Crippen LogP contribution in [0.15, 0.2) is 12.3 Å². The van der Waals surface area contributed by atoms with Crippen LogP contribution in [0.25, 0.3) is 0 Å². The third-order valence-corrected chi connectivity index (χ3v) is 3.87. The molecule has 1 saturated heterocycles. The third-order valence-electron chi connectivity index (χ3n) is 3.87. The summed E-state index contributed by atoms with van der Waals surface area (Å²) in [5, 5.41) is 2.90. The number of carbonyl (C=O) groups is 2. The second-order valence-corrected chi connectivity index (χ2v) is 5.52. The predicted octanol–water partition coefficient (Wildman–Crippen LogP) is 0.673. The van der Waals surface area contributed by atoms with E-state index in [4.69, 9.17) is 0 Å². The van der Waals surface area contributed by atoms with Crippen LogP contribution in [0.3, 0.4) is 0 Å². The van der Waals surface area contributed by atoms with E-state index in [0.717, 1.165) is 6.42 Å². The Bertz CT molecular complexity index is 540. The average Bonchev–Trinajstić information content (AvgIpc) is 2.54. The van der Waals surface area contributed by atoms with Gasteiger partial charge in [0.2, 0.25) is 11.9 Å². The van der Waals surface area contributed by atoms with Gasteiger partial charge >= 0.3 is 0 Å². The minimum Gasteiger partial charge on any atom is -0.348 e. The van der Waals surface area contributed by atoms with Gasteiger partial charge in [-0.3, -0.25) is 9.59 Å². The number of hydrogen-bond donors (Lipinski definition) is 1. The first kappa shape index (κ1) is 16.2. The lowest BCUT2D eigenvalue weighted by Crippen LogP contribution is -2.48. The maximum atomic E-state index is 12.1. The summed E-state index contributed by atoms with van der Waals surface area (Å²) in [7, 11) is 0. The van der Waals surface area contributed by atoms with Gasteiger partial charge in [0, 0.05) is 45.3 Å². The van der Waals surface area contributed by atoms with Gasteiger partial charge in [0.15, 0.2) is 0 Å². The highest BCUT2D eigenvalue weighted by Crippen LogP contribution is 2.11. The normalized spacial score (nSPS) is 16.3. The molecule has 1 aliphatic rings. The Morgan fingerprint density at radius 2 is 2.00 bits per heavy atom. The third kappa shape index (κ3) is 3.93. The molecule has 1 fully saturated rings. The zero-order chi connectivity index (χ0) is 16.1. The van der Waals surface area contributed by atoms with Gasteiger partial charge in [0.1, 0.15) is 5.69 Å². The summed E-state index contributed by atoms with van der Waals surface area (Å²) in [6, 6.07) is 1.73. The van der Waals surface area contributed by atoms with Crippen molar-refractivity contribution < 1.29 is 9.59 Å². The van der Waals surface area contributed by atoms with E-state index in [9.17, 15) is 9.59 Å². The molecule has 7 heteroatoms. The summed E-state index contributed by atoms with van der Waals surface area (Å²) >= 11 is 0. The number of amides is 2. The molecule has 120 valence electrons.